The third-order valence-corrected chi connectivity index (χ3v) is 6.51. The van der Waals surface area contributed by atoms with Crippen molar-refractivity contribution in [3.05, 3.63) is 42.7 Å². The molecule has 1 saturated heterocycles. The first kappa shape index (κ1) is 19.8. The monoisotopic (exact) mass is 408 g/mol. The van der Waals surface area contributed by atoms with E-state index in [0.717, 1.165) is 48.5 Å². The summed E-state index contributed by atoms with van der Waals surface area (Å²) in [5.74, 6) is 1.57. The molecule has 1 fully saturated rings. The van der Waals surface area contributed by atoms with Crippen LogP contribution in [0.4, 0.5) is 5.82 Å². The zero-order valence-corrected chi connectivity index (χ0v) is 18.1. The Morgan fingerprint density at radius 1 is 1.24 bits per heavy atom. The van der Waals surface area contributed by atoms with Crippen LogP contribution < -0.4 is 10.2 Å². The number of benzene rings is 1. The van der Waals surface area contributed by atoms with Crippen molar-refractivity contribution in [2.75, 3.05) is 24.5 Å². The van der Waals surface area contributed by atoms with Crippen molar-refractivity contribution in [1.29, 1.82) is 0 Å². The lowest BCUT2D eigenvalue weighted by Gasteiger charge is -2.34. The van der Waals surface area contributed by atoms with Gasteiger partial charge in [0.1, 0.15) is 17.0 Å². The molecule has 29 heavy (non-hydrogen) atoms. The number of amides is 1. The average molecular weight is 409 g/mol. The molecule has 1 aliphatic heterocycles. The standard InChI is InChI=1S/C23H28N4OS/c1-23(2,3)22(28)24-13-16-8-7-11-27(14-16)20-18-12-19(17-9-5-4-6-10-17)29-21(18)26-15-25-20/h4-6,9-10,12,15-16H,7-8,11,13-14H2,1-3H3,(H,24,28). The fourth-order valence-corrected chi connectivity index (χ4v) is 4.77. The molecule has 0 aliphatic carbocycles. The van der Waals surface area contributed by atoms with E-state index in [1.165, 1.54) is 10.4 Å². The van der Waals surface area contributed by atoms with Gasteiger partial charge in [0, 0.05) is 29.9 Å². The SMILES string of the molecule is CC(C)(C)C(=O)NCC1CCCN(c2ncnc3sc(-c4ccccc4)cc23)C1. The summed E-state index contributed by atoms with van der Waals surface area (Å²) in [7, 11) is 0. The molecule has 0 radical (unpaired) electrons. The van der Waals surface area contributed by atoms with Gasteiger partial charge in [0.25, 0.3) is 0 Å². The number of hydrogen-bond acceptors (Lipinski definition) is 5. The van der Waals surface area contributed by atoms with Crippen LogP contribution in [0.3, 0.4) is 0 Å². The average Bonchev–Trinajstić information content (AvgIpc) is 3.16. The van der Waals surface area contributed by atoms with E-state index in [0.29, 0.717) is 5.92 Å². The van der Waals surface area contributed by atoms with Crippen molar-refractivity contribution in [3.63, 3.8) is 0 Å². The Morgan fingerprint density at radius 2 is 2.03 bits per heavy atom. The van der Waals surface area contributed by atoms with Crippen molar-refractivity contribution < 1.29 is 4.79 Å². The Kier molecular flexibility index (Phi) is 5.54. The Hall–Kier alpha value is -2.47. The molecule has 0 bridgehead atoms. The minimum Gasteiger partial charge on any atom is -0.356 e. The molecule has 3 aromatic rings. The molecular formula is C23H28N4OS. The van der Waals surface area contributed by atoms with Gasteiger partial charge in [0.05, 0.1) is 5.39 Å². The molecule has 1 amide bonds. The summed E-state index contributed by atoms with van der Waals surface area (Å²) in [5, 5.41) is 4.25. The number of aromatic nitrogens is 2. The lowest BCUT2D eigenvalue weighted by molar-refractivity contribution is -0.128. The molecule has 0 saturated carbocycles. The molecule has 1 aromatic carbocycles. The predicted molar refractivity (Wildman–Crippen MR) is 120 cm³/mol. The van der Waals surface area contributed by atoms with Gasteiger partial charge in [-0.2, -0.15) is 0 Å². The van der Waals surface area contributed by atoms with Gasteiger partial charge in [0.2, 0.25) is 5.91 Å². The number of nitrogens with zero attached hydrogens (tertiary/aromatic N) is 3. The number of fused-ring (bicyclic) bond motifs is 1. The molecule has 3 heterocycles. The fourth-order valence-electron chi connectivity index (χ4n) is 3.77. The van der Waals surface area contributed by atoms with Crippen LogP contribution in [0.1, 0.15) is 33.6 Å². The normalized spacial score (nSPS) is 17.5. The summed E-state index contributed by atoms with van der Waals surface area (Å²) in [6.45, 7) is 8.48. The summed E-state index contributed by atoms with van der Waals surface area (Å²) in [5.41, 5.74) is 0.861. The molecule has 1 aliphatic rings. The first-order valence-electron chi connectivity index (χ1n) is 10.2. The van der Waals surface area contributed by atoms with Crippen molar-refractivity contribution in [2.45, 2.75) is 33.6 Å². The van der Waals surface area contributed by atoms with Gasteiger partial charge in [-0.05, 0) is 30.4 Å². The quantitative estimate of drug-likeness (QED) is 0.678. The molecule has 152 valence electrons. The highest BCUT2D eigenvalue weighted by molar-refractivity contribution is 7.21. The lowest BCUT2D eigenvalue weighted by atomic mass is 9.94. The van der Waals surface area contributed by atoms with E-state index in [4.69, 9.17) is 0 Å². The van der Waals surface area contributed by atoms with Crippen LogP contribution in [0, 0.1) is 11.3 Å². The van der Waals surface area contributed by atoms with Gasteiger partial charge in [-0.25, -0.2) is 9.97 Å². The maximum absolute atomic E-state index is 12.2. The number of hydrogen-bond donors (Lipinski definition) is 1. The van der Waals surface area contributed by atoms with Gasteiger partial charge in [0.15, 0.2) is 0 Å². The van der Waals surface area contributed by atoms with Crippen molar-refractivity contribution in [1.82, 2.24) is 15.3 Å². The van der Waals surface area contributed by atoms with Crippen LogP contribution in [-0.2, 0) is 4.79 Å². The van der Waals surface area contributed by atoms with E-state index >= 15 is 0 Å². The molecular weight excluding hydrogens is 380 g/mol. The maximum Gasteiger partial charge on any atom is 0.225 e. The van der Waals surface area contributed by atoms with E-state index in [1.54, 1.807) is 17.7 Å². The second-order valence-electron chi connectivity index (χ2n) is 8.81. The van der Waals surface area contributed by atoms with Gasteiger partial charge in [-0.1, -0.05) is 51.1 Å². The molecule has 5 nitrogen and oxygen atoms in total. The highest BCUT2D eigenvalue weighted by atomic mass is 32.1. The third-order valence-electron chi connectivity index (χ3n) is 5.42. The van der Waals surface area contributed by atoms with Crippen LogP contribution in [0.15, 0.2) is 42.7 Å². The highest BCUT2D eigenvalue weighted by Crippen LogP contribution is 2.37. The van der Waals surface area contributed by atoms with Gasteiger partial charge in [-0.3, -0.25) is 4.79 Å². The summed E-state index contributed by atoms with van der Waals surface area (Å²) < 4.78 is 0. The van der Waals surface area contributed by atoms with E-state index in [-0.39, 0.29) is 11.3 Å². The molecule has 0 spiro atoms. The molecule has 1 N–H and O–H groups in total. The van der Waals surface area contributed by atoms with Crippen LogP contribution in [0.2, 0.25) is 0 Å². The van der Waals surface area contributed by atoms with Crippen LogP contribution in [-0.4, -0.2) is 35.5 Å². The number of piperidine rings is 1. The third kappa shape index (κ3) is 4.42. The van der Waals surface area contributed by atoms with E-state index in [9.17, 15) is 4.79 Å². The summed E-state index contributed by atoms with van der Waals surface area (Å²) >= 11 is 1.71. The zero-order chi connectivity index (χ0) is 20.4. The Morgan fingerprint density at radius 3 is 2.79 bits per heavy atom. The van der Waals surface area contributed by atoms with Gasteiger partial charge in [-0.15, -0.1) is 11.3 Å². The van der Waals surface area contributed by atoms with E-state index in [2.05, 4.69) is 50.5 Å². The Balaban J connectivity index is 1.53. The van der Waals surface area contributed by atoms with Crippen LogP contribution in [0.5, 0.6) is 0 Å². The predicted octanol–water partition coefficient (Wildman–Crippen LogP) is 4.74. The minimum absolute atomic E-state index is 0.115. The summed E-state index contributed by atoms with van der Waals surface area (Å²) in [6, 6.07) is 12.6. The summed E-state index contributed by atoms with van der Waals surface area (Å²) in [4.78, 5) is 26.0. The smallest absolute Gasteiger partial charge is 0.225 e. The largest absolute Gasteiger partial charge is 0.356 e. The first-order chi connectivity index (χ1) is 13.9. The van der Waals surface area contributed by atoms with Crippen molar-refractivity contribution in [3.8, 4) is 10.4 Å². The highest BCUT2D eigenvalue weighted by Gasteiger charge is 2.26. The van der Waals surface area contributed by atoms with Crippen LogP contribution in [0.25, 0.3) is 20.7 Å². The number of carbonyl (C=O) groups excluding carboxylic acids is 1. The Bertz CT molecular complexity index is 993. The molecule has 4 rings (SSSR count). The van der Waals surface area contributed by atoms with Gasteiger partial charge >= 0.3 is 0 Å². The molecule has 6 heteroatoms. The number of nitrogens with one attached hydrogen (secondary N) is 1. The fraction of sp³-hybridized carbons (Fsp3) is 0.435. The van der Waals surface area contributed by atoms with E-state index in [1.807, 2.05) is 26.8 Å². The van der Waals surface area contributed by atoms with Crippen molar-refractivity contribution in [2.24, 2.45) is 11.3 Å². The number of rotatable bonds is 4. The maximum atomic E-state index is 12.2. The molecule has 2 aromatic heterocycles. The zero-order valence-electron chi connectivity index (χ0n) is 17.3. The second kappa shape index (κ2) is 8.11. The second-order valence-corrected chi connectivity index (χ2v) is 9.84. The Labute approximate surface area is 176 Å². The number of anilines is 1. The first-order valence-corrected chi connectivity index (χ1v) is 11.1. The summed E-state index contributed by atoms with van der Waals surface area (Å²) in [6.07, 6.45) is 3.92. The van der Waals surface area contributed by atoms with Crippen LogP contribution >= 0.6 is 11.3 Å². The van der Waals surface area contributed by atoms with Crippen molar-refractivity contribution >= 4 is 33.3 Å². The number of thiophene rings is 1. The lowest BCUT2D eigenvalue weighted by Crippen LogP contribution is -2.43. The van der Waals surface area contributed by atoms with Gasteiger partial charge < -0.3 is 10.2 Å². The number of carbonyl (C=O) groups is 1. The molecule has 1 unspecified atom stereocenters. The minimum atomic E-state index is -0.350. The topological polar surface area (TPSA) is 58.1 Å². The molecule has 1 atom stereocenters. The van der Waals surface area contributed by atoms with E-state index < -0.39 is 0 Å².